The van der Waals surface area contributed by atoms with Crippen LogP contribution in [0.25, 0.3) is 21.8 Å². The summed E-state index contributed by atoms with van der Waals surface area (Å²) >= 11 is 0. The van der Waals surface area contributed by atoms with Gasteiger partial charge < -0.3 is 19.7 Å². The van der Waals surface area contributed by atoms with Gasteiger partial charge in [-0.15, -0.1) is 0 Å². The van der Waals surface area contributed by atoms with Crippen molar-refractivity contribution in [3.63, 3.8) is 0 Å². The van der Waals surface area contributed by atoms with Crippen LogP contribution in [-0.2, 0) is 24.6 Å². The SMILES string of the molecule is CC(=O)Oc1cccc2ccc(C(C(=O)O)(C(=O)O)c3nc4c(OC(C)=O)cccc4c(C)c3C)nc12. The number of carbonyl (C=O) groups is 4. The molecule has 2 aromatic carbocycles. The molecule has 0 saturated heterocycles. The molecular formula is C27H22N2O8. The Morgan fingerprint density at radius 1 is 0.730 bits per heavy atom. The first kappa shape index (κ1) is 25.2. The van der Waals surface area contributed by atoms with E-state index < -0.39 is 29.3 Å². The van der Waals surface area contributed by atoms with Gasteiger partial charge in [-0.1, -0.05) is 30.3 Å². The minimum Gasteiger partial charge on any atom is -0.480 e. The fraction of sp³-hybridized carbons (Fsp3) is 0.185. The maximum absolute atomic E-state index is 12.9. The third-order valence-corrected chi connectivity index (χ3v) is 6.12. The number of nitrogens with zero attached hydrogens (tertiary/aromatic N) is 2. The maximum Gasteiger partial charge on any atom is 0.333 e. The molecule has 0 bridgehead atoms. The number of hydrogen-bond donors (Lipinski definition) is 2. The van der Waals surface area contributed by atoms with Gasteiger partial charge in [0.2, 0.25) is 5.41 Å². The number of fused-ring (bicyclic) bond motifs is 2. The topological polar surface area (TPSA) is 153 Å². The summed E-state index contributed by atoms with van der Waals surface area (Å²) < 4.78 is 10.5. The molecule has 10 nitrogen and oxygen atoms in total. The van der Waals surface area contributed by atoms with E-state index in [1.54, 1.807) is 38.1 Å². The molecule has 0 radical (unpaired) electrons. The lowest BCUT2D eigenvalue weighted by Crippen LogP contribution is -2.47. The monoisotopic (exact) mass is 502 g/mol. The molecule has 188 valence electrons. The average molecular weight is 502 g/mol. The van der Waals surface area contributed by atoms with Gasteiger partial charge in [0.15, 0.2) is 11.5 Å². The van der Waals surface area contributed by atoms with E-state index in [1.807, 2.05) is 0 Å². The normalized spacial score (nSPS) is 11.4. The Morgan fingerprint density at radius 3 is 1.86 bits per heavy atom. The molecule has 2 N–H and O–H groups in total. The number of pyridine rings is 2. The van der Waals surface area contributed by atoms with Crippen molar-refractivity contribution in [3.05, 3.63) is 71.0 Å². The van der Waals surface area contributed by atoms with Crippen LogP contribution in [-0.4, -0.2) is 44.1 Å². The van der Waals surface area contributed by atoms with E-state index in [0.717, 1.165) is 0 Å². The van der Waals surface area contributed by atoms with Crippen LogP contribution in [0, 0.1) is 13.8 Å². The predicted octanol–water partition coefficient (Wildman–Crippen LogP) is 3.71. The highest BCUT2D eigenvalue weighted by Gasteiger charge is 2.54. The number of hydrogen-bond acceptors (Lipinski definition) is 8. The first-order chi connectivity index (χ1) is 17.5. The van der Waals surface area contributed by atoms with Gasteiger partial charge in [0.25, 0.3) is 0 Å². The number of para-hydroxylation sites is 2. The van der Waals surface area contributed by atoms with Gasteiger partial charge in [-0.2, -0.15) is 0 Å². The Morgan fingerprint density at radius 2 is 1.30 bits per heavy atom. The first-order valence-electron chi connectivity index (χ1n) is 11.1. The number of rotatable bonds is 6. The van der Waals surface area contributed by atoms with Gasteiger partial charge in [-0.05, 0) is 43.2 Å². The van der Waals surface area contributed by atoms with Crippen molar-refractivity contribution in [1.82, 2.24) is 9.97 Å². The van der Waals surface area contributed by atoms with Crippen LogP contribution in [0.2, 0.25) is 0 Å². The van der Waals surface area contributed by atoms with Crippen molar-refractivity contribution in [2.45, 2.75) is 33.1 Å². The number of carbonyl (C=O) groups excluding carboxylic acids is 2. The van der Waals surface area contributed by atoms with Gasteiger partial charge in [-0.3, -0.25) is 19.2 Å². The molecular weight excluding hydrogens is 480 g/mol. The predicted molar refractivity (Wildman–Crippen MR) is 132 cm³/mol. The summed E-state index contributed by atoms with van der Waals surface area (Å²) in [5, 5.41) is 22.0. The summed E-state index contributed by atoms with van der Waals surface area (Å²) in [5.74, 6) is -4.59. The van der Waals surface area contributed by atoms with Crippen LogP contribution < -0.4 is 9.47 Å². The number of benzene rings is 2. The van der Waals surface area contributed by atoms with E-state index in [0.29, 0.717) is 21.9 Å². The van der Waals surface area contributed by atoms with Crippen molar-refractivity contribution in [2.24, 2.45) is 0 Å². The number of aromatic nitrogens is 2. The maximum atomic E-state index is 12.9. The van der Waals surface area contributed by atoms with Gasteiger partial charge in [-0.25, -0.2) is 9.97 Å². The van der Waals surface area contributed by atoms with Crippen LogP contribution in [0.3, 0.4) is 0 Å². The molecule has 0 saturated carbocycles. The lowest BCUT2D eigenvalue weighted by atomic mass is 9.77. The van der Waals surface area contributed by atoms with Gasteiger partial charge in [0, 0.05) is 24.6 Å². The summed E-state index contributed by atoms with van der Waals surface area (Å²) in [6.07, 6.45) is 0. The zero-order chi connectivity index (χ0) is 27.1. The molecule has 10 heteroatoms. The number of aliphatic carboxylic acids is 2. The van der Waals surface area contributed by atoms with Gasteiger partial charge in [0.1, 0.15) is 11.0 Å². The number of carboxylic acid groups (broad SMARTS) is 2. The number of carboxylic acids is 2. The third-order valence-electron chi connectivity index (χ3n) is 6.12. The Bertz CT molecular complexity index is 1610. The van der Waals surface area contributed by atoms with Crippen LogP contribution in [0.5, 0.6) is 11.5 Å². The highest BCUT2D eigenvalue weighted by Crippen LogP contribution is 2.39. The third kappa shape index (κ3) is 4.12. The van der Waals surface area contributed by atoms with Crippen LogP contribution in [0.1, 0.15) is 36.4 Å². The van der Waals surface area contributed by atoms with E-state index in [9.17, 15) is 29.4 Å². The van der Waals surface area contributed by atoms with Gasteiger partial charge in [0.05, 0.1) is 11.4 Å². The Balaban J connectivity index is 2.12. The number of aryl methyl sites for hydroxylation is 1. The van der Waals surface area contributed by atoms with E-state index in [4.69, 9.17) is 9.47 Å². The van der Waals surface area contributed by atoms with Crippen LogP contribution in [0.4, 0.5) is 0 Å². The molecule has 0 spiro atoms. The summed E-state index contributed by atoms with van der Waals surface area (Å²) in [7, 11) is 0. The quantitative estimate of drug-likeness (QED) is 0.227. The molecule has 0 amide bonds. The fourth-order valence-electron chi connectivity index (χ4n) is 4.32. The zero-order valence-electron chi connectivity index (χ0n) is 20.4. The molecule has 2 heterocycles. The standard InChI is InChI=1S/C27H22N2O8/c1-13-14(2)24(29-23-18(13)8-6-10-20(23)37-16(4)31)27(25(32)33,26(34)35)21-12-11-17-7-5-9-19(22(17)28-21)36-15(3)30/h5-12H,1-4H3,(H,32,33)(H,34,35). The second-order valence-electron chi connectivity index (χ2n) is 8.43. The molecule has 4 rings (SSSR count). The van der Waals surface area contributed by atoms with Crippen LogP contribution >= 0.6 is 0 Å². The first-order valence-corrected chi connectivity index (χ1v) is 11.1. The Labute approximate surface area is 210 Å². The van der Waals surface area contributed by atoms with Gasteiger partial charge >= 0.3 is 23.9 Å². The summed E-state index contributed by atoms with van der Waals surface area (Å²) in [4.78, 5) is 57.9. The Hall–Kier alpha value is -4.86. The minimum absolute atomic E-state index is 0.0491. The van der Waals surface area contributed by atoms with E-state index in [2.05, 4.69) is 9.97 Å². The lowest BCUT2D eigenvalue weighted by Gasteiger charge is -2.27. The minimum atomic E-state index is -2.75. The van der Waals surface area contributed by atoms with Crippen molar-refractivity contribution in [3.8, 4) is 11.5 Å². The molecule has 2 aromatic heterocycles. The molecule has 0 aliphatic heterocycles. The Kier molecular flexibility index (Phi) is 6.35. The molecule has 37 heavy (non-hydrogen) atoms. The van der Waals surface area contributed by atoms with Crippen molar-refractivity contribution in [2.75, 3.05) is 0 Å². The zero-order valence-corrected chi connectivity index (χ0v) is 20.4. The van der Waals surface area contributed by atoms with Crippen LogP contribution in [0.15, 0.2) is 48.5 Å². The highest BCUT2D eigenvalue weighted by atomic mass is 16.5. The second kappa shape index (κ2) is 9.30. The largest absolute Gasteiger partial charge is 0.480 e. The lowest BCUT2D eigenvalue weighted by molar-refractivity contribution is -0.155. The fourth-order valence-corrected chi connectivity index (χ4v) is 4.32. The summed E-state index contributed by atoms with van der Waals surface area (Å²) in [6, 6.07) is 12.4. The molecule has 0 unspecified atom stereocenters. The summed E-state index contributed by atoms with van der Waals surface area (Å²) in [5.41, 5.74) is -2.28. The van der Waals surface area contributed by atoms with E-state index >= 15 is 0 Å². The molecule has 4 aromatic rings. The van der Waals surface area contributed by atoms with Crippen molar-refractivity contribution < 1.29 is 38.9 Å². The van der Waals surface area contributed by atoms with Crippen molar-refractivity contribution >= 4 is 45.7 Å². The molecule has 0 fully saturated rings. The second-order valence-corrected chi connectivity index (χ2v) is 8.43. The van der Waals surface area contributed by atoms with Crippen molar-refractivity contribution in [1.29, 1.82) is 0 Å². The molecule has 0 aliphatic rings. The molecule has 0 atom stereocenters. The highest BCUT2D eigenvalue weighted by molar-refractivity contribution is 6.09. The summed E-state index contributed by atoms with van der Waals surface area (Å²) in [6.45, 7) is 5.68. The molecule has 0 aliphatic carbocycles. The van der Waals surface area contributed by atoms with E-state index in [-0.39, 0.29) is 33.9 Å². The number of ether oxygens (including phenoxy) is 2. The smallest absolute Gasteiger partial charge is 0.333 e. The average Bonchev–Trinajstić information content (AvgIpc) is 2.82. The number of esters is 2. The van der Waals surface area contributed by atoms with E-state index in [1.165, 1.54) is 38.1 Å².